The van der Waals surface area contributed by atoms with Crippen LogP contribution in [0.25, 0.3) is 0 Å². The molecule has 0 radical (unpaired) electrons. The molecule has 1 rings (SSSR count). The number of thioether (sulfide) groups is 1. The quantitative estimate of drug-likeness (QED) is 0.438. The lowest BCUT2D eigenvalue weighted by molar-refractivity contribution is 0.109. The van der Waals surface area contributed by atoms with E-state index in [9.17, 15) is 4.79 Å². The third kappa shape index (κ3) is 2.46. The Hall–Kier alpha value is -1.17. The fraction of sp³-hybridized carbons (Fsp3) is 0.333. The molecule has 0 spiro atoms. The summed E-state index contributed by atoms with van der Waals surface area (Å²) < 4.78 is 6.08. The minimum Gasteiger partial charge on any atom is -0.450 e. The second kappa shape index (κ2) is 4.01. The Balaban J connectivity index is 2.33. The van der Waals surface area contributed by atoms with Gasteiger partial charge in [-0.1, -0.05) is 0 Å². The van der Waals surface area contributed by atoms with Gasteiger partial charge in [-0.05, 0) is 11.8 Å². The highest BCUT2D eigenvalue weighted by Gasteiger charge is 2.01. The number of rotatable bonds is 3. The molecule has 0 saturated carbocycles. The highest BCUT2D eigenvalue weighted by atomic mass is 32.2. The van der Waals surface area contributed by atoms with Gasteiger partial charge in [0.05, 0.1) is 0 Å². The third-order valence-corrected chi connectivity index (χ3v) is 2.03. The number of hydrogen-bond donors (Lipinski definition) is 1. The molecule has 1 aromatic rings. The first kappa shape index (κ1) is 8.92. The summed E-state index contributed by atoms with van der Waals surface area (Å²) in [5, 5.41) is 8.88. The molecule has 0 unspecified atom stereocenters. The predicted molar refractivity (Wildman–Crippen MR) is 43.0 cm³/mol. The molecule has 0 fully saturated rings. The Morgan fingerprint density at radius 3 is 3.17 bits per heavy atom. The van der Waals surface area contributed by atoms with Crippen molar-refractivity contribution in [3.8, 4) is 0 Å². The number of imidazole rings is 1. The molecule has 0 aliphatic rings. The number of ether oxygens (including phenoxy) is 1. The monoisotopic (exact) mass is 188 g/mol. The number of nitrogens with zero attached hydrogens (tertiary/aromatic N) is 2. The van der Waals surface area contributed by atoms with Crippen molar-refractivity contribution in [1.29, 1.82) is 0 Å². The topological polar surface area (TPSA) is 64.4 Å². The summed E-state index contributed by atoms with van der Waals surface area (Å²) in [6.45, 7) is 0. The Morgan fingerprint density at radius 2 is 2.67 bits per heavy atom. The van der Waals surface area contributed by atoms with Crippen LogP contribution in [0.1, 0.15) is 0 Å². The Labute approximate surface area is 73.4 Å². The number of carboxylic acid groups (broad SMARTS) is 1. The van der Waals surface area contributed by atoms with Gasteiger partial charge >= 0.3 is 6.16 Å². The molecule has 5 nitrogen and oxygen atoms in total. The minimum atomic E-state index is -1.27. The maximum Gasteiger partial charge on any atom is 0.506 e. The van der Waals surface area contributed by atoms with E-state index in [4.69, 9.17) is 5.11 Å². The first-order valence-corrected chi connectivity index (χ1v) is 4.14. The van der Waals surface area contributed by atoms with Crippen molar-refractivity contribution in [3.63, 3.8) is 0 Å². The van der Waals surface area contributed by atoms with Crippen molar-refractivity contribution in [2.24, 2.45) is 7.05 Å². The number of aryl methyl sites for hydroxylation is 1. The maximum atomic E-state index is 9.95. The van der Waals surface area contributed by atoms with Crippen molar-refractivity contribution in [2.45, 2.75) is 5.16 Å². The molecule has 0 aliphatic carbocycles. The van der Waals surface area contributed by atoms with Gasteiger partial charge in [0.1, 0.15) is 5.94 Å². The largest absolute Gasteiger partial charge is 0.506 e. The lowest BCUT2D eigenvalue weighted by Crippen LogP contribution is -2.00. The van der Waals surface area contributed by atoms with Crippen LogP contribution in [0.5, 0.6) is 0 Å². The number of hydrogen-bond acceptors (Lipinski definition) is 4. The van der Waals surface area contributed by atoms with Crippen molar-refractivity contribution >= 4 is 17.9 Å². The van der Waals surface area contributed by atoms with Crippen molar-refractivity contribution in [1.82, 2.24) is 9.55 Å². The molecule has 0 bridgehead atoms. The van der Waals surface area contributed by atoms with Crippen LogP contribution < -0.4 is 0 Å². The van der Waals surface area contributed by atoms with Gasteiger partial charge in [0.15, 0.2) is 5.16 Å². The smallest absolute Gasteiger partial charge is 0.450 e. The van der Waals surface area contributed by atoms with Gasteiger partial charge in [-0.3, -0.25) is 0 Å². The van der Waals surface area contributed by atoms with Crippen LogP contribution in [0.15, 0.2) is 17.6 Å². The van der Waals surface area contributed by atoms with E-state index in [0.717, 1.165) is 5.16 Å². The van der Waals surface area contributed by atoms with E-state index in [1.807, 2.05) is 7.05 Å². The molecule has 12 heavy (non-hydrogen) atoms. The first-order valence-electron chi connectivity index (χ1n) is 3.16. The molecule has 66 valence electrons. The fourth-order valence-corrected chi connectivity index (χ4v) is 1.29. The maximum absolute atomic E-state index is 9.95. The van der Waals surface area contributed by atoms with Crippen molar-refractivity contribution in [3.05, 3.63) is 12.4 Å². The second-order valence-corrected chi connectivity index (χ2v) is 2.88. The zero-order valence-electron chi connectivity index (χ0n) is 6.43. The van der Waals surface area contributed by atoms with E-state index in [-0.39, 0.29) is 5.94 Å². The summed E-state index contributed by atoms with van der Waals surface area (Å²) in [5.74, 6) is 0.0696. The highest BCUT2D eigenvalue weighted by molar-refractivity contribution is 7.99. The van der Waals surface area contributed by atoms with Crippen LogP contribution >= 0.6 is 11.8 Å². The molecule has 6 heteroatoms. The Morgan fingerprint density at radius 1 is 1.92 bits per heavy atom. The normalized spacial score (nSPS) is 9.75. The molecule has 0 saturated heterocycles. The van der Waals surface area contributed by atoms with E-state index in [1.54, 1.807) is 17.0 Å². The number of carbonyl (C=O) groups is 1. The van der Waals surface area contributed by atoms with E-state index in [0.29, 0.717) is 0 Å². The van der Waals surface area contributed by atoms with Crippen LogP contribution in [0, 0.1) is 0 Å². The van der Waals surface area contributed by atoms with Gasteiger partial charge < -0.3 is 14.4 Å². The summed E-state index contributed by atoms with van der Waals surface area (Å²) in [4.78, 5) is 13.9. The molecule has 1 N–H and O–H groups in total. The lowest BCUT2D eigenvalue weighted by Gasteiger charge is -1.99. The van der Waals surface area contributed by atoms with Crippen LogP contribution in [-0.2, 0) is 11.8 Å². The molecule has 0 aromatic carbocycles. The van der Waals surface area contributed by atoms with E-state index < -0.39 is 6.16 Å². The zero-order valence-corrected chi connectivity index (χ0v) is 7.24. The SMILES string of the molecule is Cn1ccnc1SCOC(=O)O. The van der Waals surface area contributed by atoms with Crippen LogP contribution in [0.2, 0.25) is 0 Å². The molecule has 0 aliphatic heterocycles. The lowest BCUT2D eigenvalue weighted by atomic mass is 10.9. The van der Waals surface area contributed by atoms with Crippen molar-refractivity contribution < 1.29 is 14.6 Å². The zero-order chi connectivity index (χ0) is 8.97. The van der Waals surface area contributed by atoms with Gasteiger partial charge in [0, 0.05) is 19.4 Å². The molecule has 0 atom stereocenters. The number of aromatic nitrogens is 2. The van der Waals surface area contributed by atoms with Gasteiger partial charge in [-0.2, -0.15) is 0 Å². The summed E-state index contributed by atoms with van der Waals surface area (Å²) >= 11 is 1.23. The van der Waals surface area contributed by atoms with Gasteiger partial charge in [0.25, 0.3) is 0 Å². The van der Waals surface area contributed by atoms with Crippen LogP contribution in [0.3, 0.4) is 0 Å². The van der Waals surface area contributed by atoms with Gasteiger partial charge in [-0.25, -0.2) is 9.78 Å². The summed E-state index contributed by atoms with van der Waals surface area (Å²) in [6.07, 6.45) is 2.16. The summed E-state index contributed by atoms with van der Waals surface area (Å²) in [6, 6.07) is 0. The average Bonchev–Trinajstić information content (AvgIpc) is 2.36. The molecular formula is C6H8N2O3S. The average molecular weight is 188 g/mol. The van der Waals surface area contributed by atoms with Crippen molar-refractivity contribution in [2.75, 3.05) is 5.94 Å². The van der Waals surface area contributed by atoms with Crippen LogP contribution in [-0.4, -0.2) is 26.8 Å². The van der Waals surface area contributed by atoms with E-state index in [1.165, 1.54) is 11.8 Å². The van der Waals surface area contributed by atoms with Crippen LogP contribution in [0.4, 0.5) is 4.79 Å². The predicted octanol–water partition coefficient (Wildman–Crippen LogP) is 1.16. The minimum absolute atomic E-state index is 0.0696. The molecular weight excluding hydrogens is 180 g/mol. The standard InChI is InChI=1S/C6H8N2O3S/c1-8-3-2-7-5(8)12-4-11-6(9)10/h2-3H,4H2,1H3,(H,9,10). The Kier molecular flexibility index (Phi) is 2.98. The first-order chi connectivity index (χ1) is 5.70. The molecule has 0 amide bonds. The molecule has 1 heterocycles. The van der Waals surface area contributed by atoms with Gasteiger partial charge in [0.2, 0.25) is 0 Å². The fourth-order valence-electron chi connectivity index (χ4n) is 0.624. The van der Waals surface area contributed by atoms with E-state index in [2.05, 4.69) is 9.72 Å². The third-order valence-electron chi connectivity index (χ3n) is 1.15. The second-order valence-electron chi connectivity index (χ2n) is 1.99. The highest BCUT2D eigenvalue weighted by Crippen LogP contribution is 2.13. The summed E-state index contributed by atoms with van der Waals surface area (Å²) in [7, 11) is 1.83. The summed E-state index contributed by atoms with van der Waals surface area (Å²) in [5.41, 5.74) is 0. The molecule has 1 aromatic heterocycles. The Bertz CT molecular complexity index is 274. The van der Waals surface area contributed by atoms with E-state index >= 15 is 0 Å². The van der Waals surface area contributed by atoms with Gasteiger partial charge in [-0.15, -0.1) is 0 Å².